The van der Waals surface area contributed by atoms with Gasteiger partial charge < -0.3 is 0 Å². The molecule has 0 N–H and O–H groups in total. The van der Waals surface area contributed by atoms with Crippen molar-refractivity contribution in [3.63, 3.8) is 0 Å². The van der Waals surface area contributed by atoms with E-state index in [-0.39, 0.29) is 5.54 Å². The van der Waals surface area contributed by atoms with Gasteiger partial charge in [0.15, 0.2) is 0 Å². The molecule has 0 spiro atoms. The van der Waals surface area contributed by atoms with Gasteiger partial charge >= 0.3 is 0 Å². The summed E-state index contributed by atoms with van der Waals surface area (Å²) in [5.74, 6) is 0. The Morgan fingerprint density at radius 1 is 0.895 bits per heavy atom. The lowest BCUT2D eigenvalue weighted by Crippen LogP contribution is -2.12. The SMILES string of the molecule is Cc1ccc(C2=CC(C)(c3ccccc3)N=N2)cc1. The van der Waals surface area contributed by atoms with Crippen molar-refractivity contribution < 1.29 is 0 Å². The number of nitrogens with zero attached hydrogens (tertiary/aromatic N) is 2. The molecule has 2 nitrogen and oxygen atoms in total. The zero-order valence-electron chi connectivity index (χ0n) is 11.2. The van der Waals surface area contributed by atoms with Crippen LogP contribution in [0.5, 0.6) is 0 Å². The van der Waals surface area contributed by atoms with Crippen LogP contribution < -0.4 is 0 Å². The molecule has 94 valence electrons. The van der Waals surface area contributed by atoms with E-state index in [1.807, 2.05) is 18.2 Å². The standard InChI is InChI=1S/C17H16N2/c1-13-8-10-14(11-9-13)16-12-17(2,19-18-16)15-6-4-3-5-7-15/h3-12H,1-2H3. The van der Waals surface area contributed by atoms with Crippen molar-refractivity contribution in [3.8, 4) is 0 Å². The fourth-order valence-electron chi connectivity index (χ4n) is 2.26. The van der Waals surface area contributed by atoms with Crippen LogP contribution >= 0.6 is 0 Å². The first kappa shape index (κ1) is 11.8. The highest BCUT2D eigenvalue weighted by atomic mass is 15.2. The van der Waals surface area contributed by atoms with E-state index in [1.165, 1.54) is 11.1 Å². The molecular weight excluding hydrogens is 232 g/mol. The summed E-state index contributed by atoms with van der Waals surface area (Å²) >= 11 is 0. The van der Waals surface area contributed by atoms with Crippen LogP contribution in [0, 0.1) is 6.92 Å². The molecular formula is C17H16N2. The van der Waals surface area contributed by atoms with Gasteiger partial charge in [-0.25, -0.2) is 0 Å². The molecule has 1 aliphatic heterocycles. The molecule has 2 aromatic carbocycles. The smallest absolute Gasteiger partial charge is 0.125 e. The summed E-state index contributed by atoms with van der Waals surface area (Å²) in [6.45, 7) is 4.18. The molecule has 3 rings (SSSR count). The zero-order chi connectivity index (χ0) is 13.3. The second-order valence-corrected chi connectivity index (χ2v) is 5.11. The second kappa shape index (κ2) is 4.47. The van der Waals surface area contributed by atoms with E-state index in [9.17, 15) is 0 Å². The van der Waals surface area contributed by atoms with Crippen LogP contribution in [0.25, 0.3) is 5.70 Å². The van der Waals surface area contributed by atoms with Crippen LogP contribution in [0.2, 0.25) is 0 Å². The average molecular weight is 248 g/mol. The minimum absolute atomic E-state index is 0.346. The predicted molar refractivity (Wildman–Crippen MR) is 77.8 cm³/mol. The third-order valence-corrected chi connectivity index (χ3v) is 3.49. The van der Waals surface area contributed by atoms with Crippen LogP contribution in [0.15, 0.2) is 70.9 Å². The van der Waals surface area contributed by atoms with Crippen molar-refractivity contribution in [2.75, 3.05) is 0 Å². The molecule has 0 radical (unpaired) electrons. The molecule has 1 aliphatic rings. The van der Waals surface area contributed by atoms with Crippen LogP contribution in [0.1, 0.15) is 23.6 Å². The quantitative estimate of drug-likeness (QED) is 0.734. The number of rotatable bonds is 2. The van der Waals surface area contributed by atoms with Gasteiger partial charge in [0, 0.05) is 5.56 Å². The summed E-state index contributed by atoms with van der Waals surface area (Å²) < 4.78 is 0. The van der Waals surface area contributed by atoms with Gasteiger partial charge in [0.25, 0.3) is 0 Å². The number of hydrogen-bond donors (Lipinski definition) is 0. The van der Waals surface area contributed by atoms with E-state index < -0.39 is 0 Å². The largest absolute Gasteiger partial charge is 0.173 e. The van der Waals surface area contributed by atoms with Crippen molar-refractivity contribution in [2.45, 2.75) is 19.4 Å². The van der Waals surface area contributed by atoms with E-state index in [1.54, 1.807) is 0 Å². The molecule has 0 amide bonds. The van der Waals surface area contributed by atoms with E-state index in [2.05, 4.69) is 66.6 Å². The maximum atomic E-state index is 4.45. The lowest BCUT2D eigenvalue weighted by molar-refractivity contribution is 0.621. The van der Waals surface area contributed by atoms with E-state index in [0.29, 0.717) is 0 Å². The maximum Gasteiger partial charge on any atom is 0.125 e. The molecule has 0 aliphatic carbocycles. The predicted octanol–water partition coefficient (Wildman–Crippen LogP) is 4.72. The molecule has 0 bridgehead atoms. The van der Waals surface area contributed by atoms with Gasteiger partial charge in [0.2, 0.25) is 0 Å². The molecule has 2 aromatic rings. The molecule has 1 heterocycles. The second-order valence-electron chi connectivity index (χ2n) is 5.11. The molecule has 1 unspecified atom stereocenters. The molecule has 1 atom stereocenters. The fraction of sp³-hybridized carbons (Fsp3) is 0.176. The van der Waals surface area contributed by atoms with Crippen LogP contribution in [-0.4, -0.2) is 0 Å². The van der Waals surface area contributed by atoms with Gasteiger partial charge in [-0.2, -0.15) is 10.2 Å². The van der Waals surface area contributed by atoms with Crippen molar-refractivity contribution in [1.29, 1.82) is 0 Å². The highest BCUT2D eigenvalue weighted by Crippen LogP contribution is 2.37. The van der Waals surface area contributed by atoms with Gasteiger partial charge in [-0.1, -0.05) is 60.2 Å². The lowest BCUT2D eigenvalue weighted by Gasteiger charge is -2.16. The Morgan fingerprint density at radius 2 is 1.58 bits per heavy atom. The monoisotopic (exact) mass is 248 g/mol. The first-order valence-corrected chi connectivity index (χ1v) is 6.46. The van der Waals surface area contributed by atoms with Crippen molar-refractivity contribution in [1.82, 2.24) is 0 Å². The Kier molecular flexibility index (Phi) is 2.79. The zero-order valence-corrected chi connectivity index (χ0v) is 11.2. The van der Waals surface area contributed by atoms with E-state index in [0.717, 1.165) is 11.3 Å². The number of benzene rings is 2. The Hall–Kier alpha value is -2.22. The summed E-state index contributed by atoms with van der Waals surface area (Å²) in [4.78, 5) is 0. The Bertz CT molecular complexity index is 639. The van der Waals surface area contributed by atoms with Gasteiger partial charge in [0.1, 0.15) is 5.54 Å². The van der Waals surface area contributed by atoms with Crippen molar-refractivity contribution >= 4 is 5.70 Å². The minimum Gasteiger partial charge on any atom is -0.173 e. The Labute approximate surface area is 113 Å². The fourth-order valence-corrected chi connectivity index (χ4v) is 2.26. The van der Waals surface area contributed by atoms with Gasteiger partial charge in [-0.3, -0.25) is 0 Å². The molecule has 0 fully saturated rings. The normalized spacial score (nSPS) is 21.5. The van der Waals surface area contributed by atoms with Gasteiger partial charge in [-0.15, -0.1) is 0 Å². The highest BCUT2D eigenvalue weighted by Gasteiger charge is 2.28. The summed E-state index contributed by atoms with van der Waals surface area (Å²) in [5, 5.41) is 8.80. The summed E-state index contributed by atoms with van der Waals surface area (Å²) in [6, 6.07) is 18.7. The Morgan fingerprint density at radius 3 is 2.26 bits per heavy atom. The lowest BCUT2D eigenvalue weighted by atomic mass is 9.92. The van der Waals surface area contributed by atoms with E-state index >= 15 is 0 Å². The summed E-state index contributed by atoms with van der Waals surface area (Å²) in [6.07, 6.45) is 2.13. The van der Waals surface area contributed by atoms with Crippen LogP contribution in [0.3, 0.4) is 0 Å². The maximum absolute atomic E-state index is 4.45. The number of azo groups is 1. The third kappa shape index (κ3) is 2.22. The first-order chi connectivity index (χ1) is 9.17. The van der Waals surface area contributed by atoms with Gasteiger partial charge in [-0.05, 0) is 25.5 Å². The van der Waals surface area contributed by atoms with Crippen LogP contribution in [-0.2, 0) is 5.54 Å². The minimum atomic E-state index is -0.346. The van der Waals surface area contributed by atoms with Crippen molar-refractivity contribution in [2.24, 2.45) is 10.2 Å². The Balaban J connectivity index is 1.98. The molecule has 19 heavy (non-hydrogen) atoms. The molecule has 0 aromatic heterocycles. The van der Waals surface area contributed by atoms with Gasteiger partial charge in [0.05, 0.1) is 5.70 Å². The third-order valence-electron chi connectivity index (χ3n) is 3.49. The first-order valence-electron chi connectivity index (χ1n) is 6.46. The molecule has 0 saturated heterocycles. The topological polar surface area (TPSA) is 24.7 Å². The van der Waals surface area contributed by atoms with Crippen molar-refractivity contribution in [3.05, 3.63) is 77.4 Å². The summed E-state index contributed by atoms with van der Waals surface area (Å²) in [7, 11) is 0. The highest BCUT2D eigenvalue weighted by molar-refractivity contribution is 5.67. The molecule has 0 saturated carbocycles. The molecule has 2 heteroatoms. The van der Waals surface area contributed by atoms with Crippen LogP contribution in [0.4, 0.5) is 0 Å². The average Bonchev–Trinajstić information content (AvgIpc) is 2.85. The van der Waals surface area contributed by atoms with E-state index in [4.69, 9.17) is 0 Å². The summed E-state index contributed by atoms with van der Waals surface area (Å²) in [5.41, 5.74) is 4.15. The number of aryl methyl sites for hydroxylation is 1. The number of hydrogen-bond acceptors (Lipinski definition) is 2.